The summed E-state index contributed by atoms with van der Waals surface area (Å²) >= 11 is 0. The number of benzene rings is 2. The van der Waals surface area contributed by atoms with Crippen LogP contribution in [0.3, 0.4) is 0 Å². The highest BCUT2D eigenvalue weighted by Crippen LogP contribution is 2.40. The molecule has 3 aromatic rings. The highest BCUT2D eigenvalue weighted by Gasteiger charge is 2.36. The maximum atomic E-state index is 12.9. The van der Waals surface area contributed by atoms with Crippen LogP contribution in [0.15, 0.2) is 59.8 Å². The number of carbonyl (C=O) groups excluding carboxylic acids is 1. The summed E-state index contributed by atoms with van der Waals surface area (Å²) in [5.41, 5.74) is 4.90. The lowest BCUT2D eigenvalue weighted by Crippen LogP contribution is -2.31. The fourth-order valence-corrected chi connectivity index (χ4v) is 4.28. The second-order valence-electron chi connectivity index (χ2n) is 7.77. The van der Waals surface area contributed by atoms with Crippen LogP contribution in [0.4, 0.5) is 5.95 Å². The van der Waals surface area contributed by atoms with Crippen LogP contribution in [0.5, 0.6) is 5.75 Å². The first-order valence-corrected chi connectivity index (χ1v) is 10.4. The molecule has 1 aromatic heterocycles. The van der Waals surface area contributed by atoms with Crippen molar-refractivity contribution in [1.29, 1.82) is 0 Å². The van der Waals surface area contributed by atoms with Gasteiger partial charge in [-0.15, -0.1) is 5.10 Å². The SMILES string of the molecule is CCOc1ccc(C2C3=C(CCCC3=O)Nc3nc(-c4cccc(C)c4)nn32)cc1. The molecule has 0 amide bonds. The van der Waals surface area contributed by atoms with E-state index in [4.69, 9.17) is 14.8 Å². The third-order valence-corrected chi connectivity index (χ3v) is 5.65. The van der Waals surface area contributed by atoms with Gasteiger partial charge < -0.3 is 10.1 Å². The Labute approximate surface area is 175 Å². The largest absolute Gasteiger partial charge is 0.494 e. The van der Waals surface area contributed by atoms with E-state index in [2.05, 4.69) is 24.4 Å². The molecule has 0 saturated carbocycles. The average Bonchev–Trinajstić information content (AvgIpc) is 3.17. The molecule has 0 radical (unpaired) electrons. The molecule has 2 aliphatic rings. The van der Waals surface area contributed by atoms with Crippen LogP contribution in [0, 0.1) is 6.92 Å². The summed E-state index contributed by atoms with van der Waals surface area (Å²) in [5, 5.41) is 8.22. The lowest BCUT2D eigenvalue weighted by Gasteiger charge is -2.32. The number of aryl methyl sites for hydroxylation is 1. The van der Waals surface area contributed by atoms with Crippen LogP contribution in [0.25, 0.3) is 11.4 Å². The van der Waals surface area contributed by atoms with Gasteiger partial charge in [0.1, 0.15) is 11.8 Å². The molecule has 5 rings (SSSR count). The Bertz CT molecular complexity index is 1140. The molecule has 152 valence electrons. The zero-order chi connectivity index (χ0) is 20.7. The standard InChI is InChI=1S/C24H24N4O2/c1-3-30-18-12-10-16(11-13-18)22-21-19(8-5-9-20(21)29)25-24-26-23(27-28(22)24)17-7-4-6-15(2)14-17/h4,6-7,10-14,22H,3,5,8-9H2,1-2H3,(H,25,26,27). The van der Waals surface area contributed by atoms with Crippen LogP contribution < -0.4 is 10.1 Å². The molecule has 1 N–H and O–H groups in total. The van der Waals surface area contributed by atoms with E-state index in [1.807, 2.05) is 48.0 Å². The Morgan fingerprint density at radius 2 is 2.00 bits per heavy atom. The summed E-state index contributed by atoms with van der Waals surface area (Å²) in [4.78, 5) is 17.7. The van der Waals surface area contributed by atoms with Gasteiger partial charge in [0.2, 0.25) is 5.95 Å². The fourth-order valence-electron chi connectivity index (χ4n) is 4.28. The zero-order valence-electron chi connectivity index (χ0n) is 17.2. The van der Waals surface area contributed by atoms with Crippen molar-refractivity contribution in [2.24, 2.45) is 0 Å². The Morgan fingerprint density at radius 1 is 1.17 bits per heavy atom. The topological polar surface area (TPSA) is 69.0 Å². The van der Waals surface area contributed by atoms with Gasteiger partial charge >= 0.3 is 0 Å². The number of allylic oxidation sites excluding steroid dienone is 2. The summed E-state index contributed by atoms with van der Waals surface area (Å²) in [7, 11) is 0. The molecule has 2 heterocycles. The summed E-state index contributed by atoms with van der Waals surface area (Å²) in [6, 6.07) is 15.8. The van der Waals surface area contributed by atoms with Crippen molar-refractivity contribution in [1.82, 2.24) is 14.8 Å². The van der Waals surface area contributed by atoms with Crippen molar-refractivity contribution >= 4 is 11.7 Å². The maximum Gasteiger partial charge on any atom is 0.226 e. The van der Waals surface area contributed by atoms with Crippen LogP contribution in [0.2, 0.25) is 0 Å². The highest BCUT2D eigenvalue weighted by molar-refractivity contribution is 5.99. The van der Waals surface area contributed by atoms with E-state index in [-0.39, 0.29) is 11.8 Å². The second-order valence-corrected chi connectivity index (χ2v) is 7.77. The van der Waals surface area contributed by atoms with Gasteiger partial charge in [0, 0.05) is 23.3 Å². The normalized spacial score (nSPS) is 17.9. The van der Waals surface area contributed by atoms with Gasteiger partial charge in [-0.2, -0.15) is 4.98 Å². The monoisotopic (exact) mass is 400 g/mol. The number of hydrogen-bond acceptors (Lipinski definition) is 5. The molecule has 1 unspecified atom stereocenters. The van der Waals surface area contributed by atoms with Crippen molar-refractivity contribution in [3.63, 3.8) is 0 Å². The van der Waals surface area contributed by atoms with Gasteiger partial charge in [-0.3, -0.25) is 4.79 Å². The zero-order valence-corrected chi connectivity index (χ0v) is 17.2. The molecule has 0 bridgehead atoms. The van der Waals surface area contributed by atoms with Crippen LogP contribution in [-0.2, 0) is 4.79 Å². The predicted octanol–water partition coefficient (Wildman–Crippen LogP) is 4.67. The van der Waals surface area contributed by atoms with Crippen molar-refractivity contribution < 1.29 is 9.53 Å². The number of carbonyl (C=O) groups is 1. The Balaban J connectivity index is 1.63. The lowest BCUT2D eigenvalue weighted by molar-refractivity contribution is -0.116. The van der Waals surface area contributed by atoms with Crippen LogP contribution in [0.1, 0.15) is 43.4 Å². The van der Waals surface area contributed by atoms with Gasteiger partial charge in [0.15, 0.2) is 11.6 Å². The molecule has 0 saturated heterocycles. The van der Waals surface area contributed by atoms with Gasteiger partial charge in [-0.05, 0) is 50.5 Å². The van der Waals surface area contributed by atoms with Gasteiger partial charge in [-0.1, -0.05) is 35.9 Å². The van der Waals surface area contributed by atoms with Gasteiger partial charge in [0.05, 0.1) is 6.61 Å². The smallest absolute Gasteiger partial charge is 0.226 e. The minimum absolute atomic E-state index is 0.181. The van der Waals surface area contributed by atoms with Crippen molar-refractivity contribution in [3.05, 3.63) is 70.9 Å². The summed E-state index contributed by atoms with van der Waals surface area (Å²) in [6.07, 6.45) is 2.28. The number of ether oxygens (including phenoxy) is 1. The van der Waals surface area contributed by atoms with Gasteiger partial charge in [-0.25, -0.2) is 4.68 Å². The van der Waals surface area contributed by atoms with Gasteiger partial charge in [0.25, 0.3) is 0 Å². The summed E-state index contributed by atoms with van der Waals surface area (Å²) in [6.45, 7) is 4.64. The third-order valence-electron chi connectivity index (χ3n) is 5.65. The van der Waals surface area contributed by atoms with E-state index in [1.54, 1.807) is 0 Å². The number of nitrogens with zero attached hydrogens (tertiary/aromatic N) is 3. The number of rotatable bonds is 4. The first-order chi connectivity index (χ1) is 14.6. The number of hydrogen-bond donors (Lipinski definition) is 1. The number of fused-ring (bicyclic) bond motifs is 1. The van der Waals surface area contributed by atoms with E-state index in [0.717, 1.165) is 46.6 Å². The number of ketones is 1. The molecule has 1 atom stereocenters. The van der Waals surface area contributed by atoms with Crippen molar-refractivity contribution in [3.8, 4) is 17.1 Å². The number of aromatic nitrogens is 3. The van der Waals surface area contributed by atoms with E-state index in [9.17, 15) is 4.79 Å². The minimum Gasteiger partial charge on any atom is -0.494 e. The number of nitrogens with one attached hydrogen (secondary N) is 1. The fraction of sp³-hybridized carbons (Fsp3) is 0.292. The Morgan fingerprint density at radius 3 is 2.77 bits per heavy atom. The molecule has 2 aromatic carbocycles. The van der Waals surface area contributed by atoms with E-state index in [0.29, 0.717) is 24.8 Å². The Hall–Kier alpha value is -3.41. The average molecular weight is 400 g/mol. The highest BCUT2D eigenvalue weighted by atomic mass is 16.5. The molecule has 1 aliphatic carbocycles. The van der Waals surface area contributed by atoms with E-state index in [1.165, 1.54) is 0 Å². The third kappa shape index (κ3) is 3.18. The maximum absolute atomic E-state index is 12.9. The molecule has 0 fully saturated rings. The van der Waals surface area contributed by atoms with Crippen molar-refractivity contribution in [2.75, 3.05) is 11.9 Å². The first-order valence-electron chi connectivity index (χ1n) is 10.4. The van der Waals surface area contributed by atoms with Crippen molar-refractivity contribution in [2.45, 2.75) is 39.2 Å². The molecule has 30 heavy (non-hydrogen) atoms. The van der Waals surface area contributed by atoms with Crippen LogP contribution in [-0.4, -0.2) is 27.2 Å². The summed E-state index contributed by atoms with van der Waals surface area (Å²) < 4.78 is 7.45. The molecular formula is C24H24N4O2. The molecule has 0 spiro atoms. The second kappa shape index (κ2) is 7.44. The lowest BCUT2D eigenvalue weighted by atomic mass is 9.85. The first kappa shape index (κ1) is 18.6. The minimum atomic E-state index is -0.286. The number of Topliss-reactive ketones (excluding diaryl/α,β-unsaturated/α-hetero) is 1. The predicted molar refractivity (Wildman–Crippen MR) is 115 cm³/mol. The Kier molecular flexibility index (Phi) is 4.62. The summed E-state index contributed by atoms with van der Waals surface area (Å²) in [5.74, 6) is 2.34. The van der Waals surface area contributed by atoms with Crippen LogP contribution >= 0.6 is 0 Å². The van der Waals surface area contributed by atoms with E-state index < -0.39 is 0 Å². The molecular weight excluding hydrogens is 376 g/mol. The molecule has 1 aliphatic heterocycles. The quantitative estimate of drug-likeness (QED) is 0.689. The molecule has 6 heteroatoms. The number of anilines is 1. The molecule has 6 nitrogen and oxygen atoms in total. The van der Waals surface area contributed by atoms with E-state index >= 15 is 0 Å².